The first kappa shape index (κ1) is 9.42. The molecule has 2 heterocycles. The third-order valence-electron chi connectivity index (χ3n) is 1.90. The third-order valence-corrected chi connectivity index (χ3v) is 2.04. The Bertz CT molecular complexity index is 305. The zero-order valence-electron chi connectivity index (χ0n) is 7.39. The van der Waals surface area contributed by atoms with E-state index in [1.54, 1.807) is 0 Å². The Labute approximate surface area is 86.0 Å². The zero-order chi connectivity index (χ0) is 9.80. The fraction of sp³-hybridized carbons (Fsp3) is 0.571. The van der Waals surface area contributed by atoms with Gasteiger partial charge in [-0.3, -0.25) is 0 Å². The van der Waals surface area contributed by atoms with Gasteiger partial charge in [0.1, 0.15) is 18.2 Å². The minimum absolute atomic E-state index is 0.114. The van der Waals surface area contributed by atoms with E-state index >= 15 is 0 Å². The van der Waals surface area contributed by atoms with E-state index in [0.717, 1.165) is 13.1 Å². The van der Waals surface area contributed by atoms with Crippen LogP contribution >= 0.6 is 11.9 Å². The van der Waals surface area contributed by atoms with Crippen molar-refractivity contribution in [2.45, 2.75) is 0 Å². The second-order valence-corrected chi connectivity index (χ2v) is 2.90. The standard InChI is InChI=1S/C7H9ClN4O2/c8-14-7-10-5-9-6(11-7)12-1-3-13-4-2-12/h5H,1-4H2. The van der Waals surface area contributed by atoms with E-state index in [1.807, 2.05) is 4.90 Å². The molecule has 0 aromatic carbocycles. The molecule has 7 heteroatoms. The largest absolute Gasteiger partial charge is 0.378 e. The molecule has 0 radical (unpaired) electrons. The van der Waals surface area contributed by atoms with Crippen molar-refractivity contribution in [3.8, 4) is 6.01 Å². The van der Waals surface area contributed by atoms with E-state index in [9.17, 15) is 0 Å². The van der Waals surface area contributed by atoms with Crippen LogP contribution in [0.1, 0.15) is 0 Å². The van der Waals surface area contributed by atoms with Crippen LogP contribution in [-0.4, -0.2) is 41.3 Å². The Hall–Kier alpha value is -1.14. The lowest BCUT2D eigenvalue weighted by Crippen LogP contribution is -2.37. The summed E-state index contributed by atoms with van der Waals surface area (Å²) < 4.78 is 9.61. The summed E-state index contributed by atoms with van der Waals surface area (Å²) in [5, 5.41) is 0. The molecule has 0 unspecified atom stereocenters. The quantitative estimate of drug-likeness (QED) is 0.706. The summed E-state index contributed by atoms with van der Waals surface area (Å²) in [4.78, 5) is 13.7. The number of hydrogen-bond donors (Lipinski definition) is 0. The number of halogens is 1. The summed E-state index contributed by atoms with van der Waals surface area (Å²) in [5.74, 6) is 0.568. The van der Waals surface area contributed by atoms with Crippen molar-refractivity contribution in [3.05, 3.63) is 6.33 Å². The van der Waals surface area contributed by atoms with Crippen LogP contribution in [0, 0.1) is 0 Å². The predicted octanol–water partition coefficient (Wildman–Crippen LogP) is 0.241. The molecular formula is C7H9ClN4O2. The summed E-state index contributed by atoms with van der Waals surface area (Å²) in [6.45, 7) is 2.91. The summed E-state index contributed by atoms with van der Waals surface area (Å²) in [6.07, 6.45) is 1.37. The van der Waals surface area contributed by atoms with Crippen molar-refractivity contribution in [2.75, 3.05) is 31.2 Å². The van der Waals surface area contributed by atoms with Gasteiger partial charge < -0.3 is 13.9 Å². The molecule has 76 valence electrons. The van der Waals surface area contributed by atoms with Crippen LogP contribution in [0.25, 0.3) is 0 Å². The second kappa shape index (κ2) is 4.39. The minimum Gasteiger partial charge on any atom is -0.378 e. The minimum atomic E-state index is 0.114. The van der Waals surface area contributed by atoms with Gasteiger partial charge in [0.15, 0.2) is 0 Å². The van der Waals surface area contributed by atoms with Gasteiger partial charge in [-0.15, -0.1) is 0 Å². The summed E-state index contributed by atoms with van der Waals surface area (Å²) >= 11 is 5.14. The highest BCUT2D eigenvalue weighted by molar-refractivity contribution is 6.08. The first-order valence-corrected chi connectivity index (χ1v) is 4.51. The van der Waals surface area contributed by atoms with Crippen LogP contribution < -0.4 is 9.19 Å². The lowest BCUT2D eigenvalue weighted by atomic mass is 10.4. The molecule has 6 nitrogen and oxygen atoms in total. The Kier molecular flexibility index (Phi) is 2.95. The van der Waals surface area contributed by atoms with Crippen molar-refractivity contribution >= 4 is 17.8 Å². The van der Waals surface area contributed by atoms with Crippen molar-refractivity contribution in [1.82, 2.24) is 15.0 Å². The van der Waals surface area contributed by atoms with Gasteiger partial charge >= 0.3 is 6.01 Å². The first-order chi connectivity index (χ1) is 6.90. The highest BCUT2D eigenvalue weighted by Crippen LogP contribution is 2.11. The van der Waals surface area contributed by atoms with E-state index in [-0.39, 0.29) is 6.01 Å². The average Bonchev–Trinajstić information content (AvgIpc) is 2.30. The molecule has 0 spiro atoms. The molecule has 1 aliphatic rings. The van der Waals surface area contributed by atoms with Gasteiger partial charge in [-0.2, -0.15) is 9.97 Å². The summed E-state index contributed by atoms with van der Waals surface area (Å²) in [6, 6.07) is 0.114. The Morgan fingerprint density at radius 3 is 2.86 bits per heavy atom. The Morgan fingerprint density at radius 1 is 1.36 bits per heavy atom. The maximum Gasteiger partial charge on any atom is 0.340 e. The monoisotopic (exact) mass is 216 g/mol. The molecule has 1 aromatic rings. The number of morpholine rings is 1. The number of hydrogen-bond acceptors (Lipinski definition) is 6. The van der Waals surface area contributed by atoms with E-state index in [1.165, 1.54) is 6.33 Å². The van der Waals surface area contributed by atoms with E-state index in [4.69, 9.17) is 16.6 Å². The maximum absolute atomic E-state index is 5.21. The van der Waals surface area contributed by atoms with Gasteiger partial charge in [-0.05, 0) is 0 Å². The molecule has 1 aromatic heterocycles. The van der Waals surface area contributed by atoms with Gasteiger partial charge in [-0.1, -0.05) is 0 Å². The molecule has 14 heavy (non-hydrogen) atoms. The number of rotatable bonds is 2. The second-order valence-electron chi connectivity index (χ2n) is 2.74. The van der Waals surface area contributed by atoms with Crippen LogP contribution in [0.5, 0.6) is 6.01 Å². The van der Waals surface area contributed by atoms with E-state index in [0.29, 0.717) is 19.2 Å². The normalized spacial score (nSPS) is 16.8. The smallest absolute Gasteiger partial charge is 0.340 e. The molecule has 1 aliphatic heterocycles. The SMILES string of the molecule is ClOc1ncnc(N2CCOCC2)n1. The van der Waals surface area contributed by atoms with Gasteiger partial charge in [0.05, 0.1) is 13.2 Å². The molecule has 0 atom stereocenters. The molecule has 0 bridgehead atoms. The number of anilines is 1. The number of aromatic nitrogens is 3. The first-order valence-electron chi connectivity index (χ1n) is 4.20. The van der Waals surface area contributed by atoms with Crippen molar-refractivity contribution in [1.29, 1.82) is 0 Å². The topological polar surface area (TPSA) is 60.4 Å². The van der Waals surface area contributed by atoms with Crippen LogP contribution in [-0.2, 0) is 4.74 Å². The van der Waals surface area contributed by atoms with Gasteiger partial charge in [-0.25, -0.2) is 4.98 Å². The molecule has 2 rings (SSSR count). The Balaban J connectivity index is 2.13. The number of nitrogens with zero attached hydrogens (tertiary/aromatic N) is 4. The molecular weight excluding hydrogens is 208 g/mol. The number of ether oxygens (including phenoxy) is 1. The summed E-state index contributed by atoms with van der Waals surface area (Å²) in [5.41, 5.74) is 0. The van der Waals surface area contributed by atoms with Crippen LogP contribution in [0.4, 0.5) is 5.95 Å². The maximum atomic E-state index is 5.21. The van der Waals surface area contributed by atoms with E-state index < -0.39 is 0 Å². The van der Waals surface area contributed by atoms with Crippen molar-refractivity contribution < 1.29 is 9.03 Å². The van der Waals surface area contributed by atoms with Crippen LogP contribution in [0.2, 0.25) is 0 Å². The highest BCUT2D eigenvalue weighted by Gasteiger charge is 2.14. The molecule has 1 fully saturated rings. The molecule has 0 saturated carbocycles. The Morgan fingerprint density at radius 2 is 2.14 bits per heavy atom. The molecule has 0 amide bonds. The fourth-order valence-electron chi connectivity index (χ4n) is 1.23. The van der Waals surface area contributed by atoms with Crippen molar-refractivity contribution in [2.24, 2.45) is 0 Å². The predicted molar refractivity (Wildman–Crippen MR) is 49.3 cm³/mol. The molecule has 0 N–H and O–H groups in total. The fourth-order valence-corrected chi connectivity index (χ4v) is 1.30. The lowest BCUT2D eigenvalue weighted by Gasteiger charge is -2.26. The van der Waals surface area contributed by atoms with Gasteiger partial charge in [0.25, 0.3) is 0 Å². The average molecular weight is 217 g/mol. The summed E-state index contributed by atoms with van der Waals surface area (Å²) in [7, 11) is 0. The van der Waals surface area contributed by atoms with Crippen LogP contribution in [0.3, 0.4) is 0 Å². The van der Waals surface area contributed by atoms with Gasteiger partial charge in [0, 0.05) is 13.1 Å². The third kappa shape index (κ3) is 2.02. The molecule has 0 aliphatic carbocycles. The molecule has 1 saturated heterocycles. The van der Waals surface area contributed by atoms with E-state index in [2.05, 4.69) is 19.2 Å². The zero-order valence-corrected chi connectivity index (χ0v) is 8.15. The van der Waals surface area contributed by atoms with Gasteiger partial charge in [0.2, 0.25) is 5.95 Å². The van der Waals surface area contributed by atoms with Crippen molar-refractivity contribution in [3.63, 3.8) is 0 Å². The van der Waals surface area contributed by atoms with Crippen LogP contribution in [0.15, 0.2) is 6.33 Å². The highest BCUT2D eigenvalue weighted by atomic mass is 35.5. The lowest BCUT2D eigenvalue weighted by molar-refractivity contribution is 0.122.